The molecule has 1 amide bonds. The number of carbonyl (C=O) groups excluding carboxylic acids is 2. The van der Waals surface area contributed by atoms with Crippen molar-refractivity contribution in [3.8, 4) is 5.75 Å². The number of amides is 1. The van der Waals surface area contributed by atoms with Crippen LogP contribution in [0.3, 0.4) is 0 Å². The first-order chi connectivity index (χ1) is 14.3. The topological polar surface area (TPSA) is 98.8 Å². The van der Waals surface area contributed by atoms with Gasteiger partial charge in [-0.15, -0.1) is 0 Å². The third-order valence-electron chi connectivity index (χ3n) is 4.98. The second-order valence-corrected chi connectivity index (χ2v) is 9.68. The molecule has 2 aromatic carbocycles. The lowest BCUT2D eigenvalue weighted by Gasteiger charge is -2.20. The molecule has 1 heterocycles. The van der Waals surface area contributed by atoms with E-state index in [4.69, 9.17) is 9.47 Å². The summed E-state index contributed by atoms with van der Waals surface area (Å²) in [5, 5.41) is 2.78. The maximum atomic E-state index is 13.0. The van der Waals surface area contributed by atoms with E-state index >= 15 is 0 Å². The van der Waals surface area contributed by atoms with Gasteiger partial charge in [-0.25, -0.2) is 8.42 Å². The second-order valence-electron chi connectivity index (χ2n) is 7.45. The second kappa shape index (κ2) is 9.30. The molecule has 2 atom stereocenters. The first kappa shape index (κ1) is 21.8. The number of aryl methyl sites for hydroxylation is 1. The van der Waals surface area contributed by atoms with Crippen LogP contribution in [0, 0.1) is 12.8 Å². The molecule has 3 rings (SSSR count). The van der Waals surface area contributed by atoms with Crippen LogP contribution in [0.25, 0.3) is 0 Å². The van der Waals surface area contributed by atoms with Crippen molar-refractivity contribution in [2.45, 2.75) is 25.9 Å². The van der Waals surface area contributed by atoms with Gasteiger partial charge in [0.25, 0.3) is 5.91 Å². The van der Waals surface area contributed by atoms with E-state index in [0.29, 0.717) is 23.4 Å². The third kappa shape index (κ3) is 5.60. The summed E-state index contributed by atoms with van der Waals surface area (Å²) in [5.41, 5.74) is 1.93. The maximum absolute atomic E-state index is 13.0. The Morgan fingerprint density at radius 2 is 1.90 bits per heavy atom. The van der Waals surface area contributed by atoms with Gasteiger partial charge in [0.15, 0.2) is 9.84 Å². The Bertz CT molecular complexity index is 1020. The largest absolute Gasteiger partial charge is 0.495 e. The van der Waals surface area contributed by atoms with Crippen LogP contribution in [0.4, 0.5) is 5.69 Å². The smallest absolute Gasteiger partial charge is 0.307 e. The highest BCUT2D eigenvalue weighted by Crippen LogP contribution is 2.29. The molecule has 0 bridgehead atoms. The monoisotopic (exact) mass is 431 g/mol. The van der Waals surface area contributed by atoms with Gasteiger partial charge in [-0.05, 0) is 37.0 Å². The van der Waals surface area contributed by atoms with E-state index in [0.717, 1.165) is 5.56 Å². The molecule has 7 nitrogen and oxygen atoms in total. The molecule has 0 spiro atoms. The molecular weight excluding hydrogens is 406 g/mol. The fourth-order valence-corrected chi connectivity index (χ4v) is 5.33. The van der Waals surface area contributed by atoms with E-state index in [-0.39, 0.29) is 23.8 Å². The summed E-state index contributed by atoms with van der Waals surface area (Å²) in [6.07, 6.45) is -0.772. The number of carbonyl (C=O) groups is 2. The van der Waals surface area contributed by atoms with Gasteiger partial charge in [-0.1, -0.05) is 36.4 Å². The van der Waals surface area contributed by atoms with Gasteiger partial charge in [-0.2, -0.15) is 0 Å². The lowest BCUT2D eigenvalue weighted by molar-refractivity contribution is -0.155. The van der Waals surface area contributed by atoms with E-state index < -0.39 is 27.8 Å². The zero-order valence-corrected chi connectivity index (χ0v) is 17.8. The molecule has 0 aromatic heterocycles. The molecule has 2 aromatic rings. The highest BCUT2D eigenvalue weighted by atomic mass is 32.2. The molecule has 0 radical (unpaired) electrons. The summed E-state index contributed by atoms with van der Waals surface area (Å²) < 4.78 is 34.1. The van der Waals surface area contributed by atoms with Crippen molar-refractivity contribution in [1.29, 1.82) is 0 Å². The van der Waals surface area contributed by atoms with Crippen LogP contribution in [0.2, 0.25) is 0 Å². The highest BCUT2D eigenvalue weighted by Gasteiger charge is 2.32. The van der Waals surface area contributed by atoms with E-state index in [2.05, 4.69) is 5.32 Å². The van der Waals surface area contributed by atoms with E-state index in [1.807, 2.05) is 13.0 Å². The Morgan fingerprint density at radius 3 is 2.53 bits per heavy atom. The van der Waals surface area contributed by atoms with Crippen molar-refractivity contribution in [3.05, 3.63) is 59.7 Å². The average Bonchev–Trinajstić information content (AvgIpc) is 3.05. The van der Waals surface area contributed by atoms with Crippen molar-refractivity contribution in [2.75, 3.05) is 23.9 Å². The number of nitrogens with one attached hydrogen (secondary N) is 1. The van der Waals surface area contributed by atoms with Crippen LogP contribution in [0.1, 0.15) is 30.1 Å². The first-order valence-corrected chi connectivity index (χ1v) is 11.5. The van der Waals surface area contributed by atoms with E-state index in [9.17, 15) is 18.0 Å². The normalized spacial score (nSPS) is 18.4. The van der Waals surface area contributed by atoms with Gasteiger partial charge in [0.05, 0.1) is 24.3 Å². The molecule has 1 saturated heterocycles. The summed E-state index contributed by atoms with van der Waals surface area (Å²) in [7, 11) is -1.59. The fourth-order valence-electron chi connectivity index (χ4n) is 3.47. The van der Waals surface area contributed by atoms with Crippen LogP contribution >= 0.6 is 0 Å². The zero-order valence-electron chi connectivity index (χ0n) is 17.0. The number of esters is 1. The quantitative estimate of drug-likeness (QED) is 0.677. The summed E-state index contributed by atoms with van der Waals surface area (Å²) in [4.78, 5) is 25.5. The Kier molecular flexibility index (Phi) is 6.77. The summed E-state index contributed by atoms with van der Waals surface area (Å²) in [5.74, 6) is -0.845. The van der Waals surface area contributed by atoms with Crippen LogP contribution in [-0.4, -0.2) is 38.9 Å². The van der Waals surface area contributed by atoms with Gasteiger partial charge in [0.2, 0.25) is 6.10 Å². The van der Waals surface area contributed by atoms with Crippen LogP contribution < -0.4 is 10.1 Å². The molecule has 1 N–H and O–H groups in total. The maximum Gasteiger partial charge on any atom is 0.307 e. The Morgan fingerprint density at radius 1 is 1.17 bits per heavy atom. The number of sulfone groups is 1. The molecule has 8 heteroatoms. The Hall–Kier alpha value is -2.87. The Labute approximate surface area is 176 Å². The molecule has 0 aliphatic carbocycles. The van der Waals surface area contributed by atoms with Crippen molar-refractivity contribution in [3.63, 3.8) is 0 Å². The third-order valence-corrected chi connectivity index (χ3v) is 6.82. The van der Waals surface area contributed by atoms with Crippen molar-refractivity contribution >= 4 is 27.4 Å². The lowest BCUT2D eigenvalue weighted by atomic mass is 10.1. The molecule has 160 valence electrons. The van der Waals surface area contributed by atoms with Crippen LogP contribution in [0.15, 0.2) is 48.5 Å². The summed E-state index contributed by atoms with van der Waals surface area (Å²) in [6, 6.07) is 14.1. The summed E-state index contributed by atoms with van der Waals surface area (Å²) >= 11 is 0. The van der Waals surface area contributed by atoms with Crippen molar-refractivity contribution in [2.24, 2.45) is 5.92 Å². The van der Waals surface area contributed by atoms with Crippen LogP contribution in [-0.2, 0) is 24.2 Å². The molecule has 30 heavy (non-hydrogen) atoms. The predicted octanol–water partition coefficient (Wildman–Crippen LogP) is 3.05. The minimum absolute atomic E-state index is 0.0230. The highest BCUT2D eigenvalue weighted by molar-refractivity contribution is 7.91. The molecule has 1 aliphatic rings. The van der Waals surface area contributed by atoms with Gasteiger partial charge in [-0.3, -0.25) is 9.59 Å². The van der Waals surface area contributed by atoms with Crippen molar-refractivity contribution in [1.82, 2.24) is 0 Å². The predicted molar refractivity (Wildman–Crippen MR) is 113 cm³/mol. The van der Waals surface area contributed by atoms with Crippen LogP contribution in [0.5, 0.6) is 5.75 Å². The minimum Gasteiger partial charge on any atom is -0.495 e. The Balaban J connectivity index is 1.77. The SMILES string of the molecule is COc1ccc(C)cc1NC(=O)[C@@H](OC(=O)C[C@H]1CCS(=O)(=O)C1)c1ccccc1. The molecule has 1 fully saturated rings. The molecule has 0 unspecified atom stereocenters. The van der Waals surface area contributed by atoms with Gasteiger partial charge in [0.1, 0.15) is 5.75 Å². The zero-order chi connectivity index (χ0) is 21.7. The van der Waals surface area contributed by atoms with E-state index in [1.165, 1.54) is 7.11 Å². The average molecular weight is 432 g/mol. The van der Waals surface area contributed by atoms with Crippen molar-refractivity contribution < 1.29 is 27.5 Å². The van der Waals surface area contributed by atoms with E-state index in [1.54, 1.807) is 42.5 Å². The number of rotatable bonds is 7. The number of anilines is 1. The number of benzene rings is 2. The number of hydrogen-bond donors (Lipinski definition) is 1. The van der Waals surface area contributed by atoms with Gasteiger partial charge >= 0.3 is 5.97 Å². The number of ether oxygens (including phenoxy) is 2. The lowest BCUT2D eigenvalue weighted by Crippen LogP contribution is -2.27. The summed E-state index contributed by atoms with van der Waals surface area (Å²) in [6.45, 7) is 1.89. The minimum atomic E-state index is -3.09. The standard InChI is InChI=1S/C22H25NO6S/c1-15-8-9-19(28-2)18(12-15)23-22(25)21(17-6-4-3-5-7-17)29-20(24)13-16-10-11-30(26,27)14-16/h3-9,12,16,21H,10-11,13-14H2,1-2H3,(H,23,25)/t16-,21+/m1/s1. The first-order valence-electron chi connectivity index (χ1n) is 9.68. The van der Waals surface area contributed by atoms with Gasteiger partial charge < -0.3 is 14.8 Å². The molecule has 1 aliphatic heterocycles. The number of methoxy groups -OCH3 is 1. The number of hydrogen-bond acceptors (Lipinski definition) is 6. The molecule has 0 saturated carbocycles. The van der Waals surface area contributed by atoms with Gasteiger partial charge in [0, 0.05) is 12.0 Å². The molecular formula is C22H25NO6S. The fraction of sp³-hybridized carbons (Fsp3) is 0.364.